The summed E-state index contributed by atoms with van der Waals surface area (Å²) in [7, 11) is 0. The number of aromatic nitrogens is 2. The molecule has 0 spiro atoms. The highest BCUT2D eigenvalue weighted by atomic mass is 35.5. The highest BCUT2D eigenvalue weighted by Gasteiger charge is 2.15. The number of carboxylic acids is 1. The van der Waals surface area contributed by atoms with Gasteiger partial charge in [-0.25, -0.2) is 9.59 Å². The Morgan fingerprint density at radius 3 is 2.71 bits per heavy atom. The van der Waals surface area contributed by atoms with Gasteiger partial charge in [0.1, 0.15) is 0 Å². The number of hydrogen-bond donors (Lipinski definition) is 2. The number of halogens is 1. The van der Waals surface area contributed by atoms with Gasteiger partial charge in [0, 0.05) is 0 Å². The lowest BCUT2D eigenvalue weighted by Crippen LogP contribution is -2.16. The van der Waals surface area contributed by atoms with Crippen molar-refractivity contribution in [3.8, 4) is 5.69 Å². The molecular weight excluding hydrogens is 292 g/mol. The number of nitrogens with one attached hydrogen (secondary N) is 1. The monoisotopic (exact) mass is 302 g/mol. The molecule has 106 valence electrons. The number of aromatic carboxylic acids is 1. The van der Waals surface area contributed by atoms with Crippen LogP contribution in [0.3, 0.4) is 0 Å². The van der Waals surface area contributed by atoms with Gasteiger partial charge in [-0.05, 0) is 36.8 Å². The van der Waals surface area contributed by atoms with E-state index < -0.39 is 5.97 Å². The van der Waals surface area contributed by atoms with Crippen molar-refractivity contribution in [1.29, 1.82) is 0 Å². The van der Waals surface area contributed by atoms with Crippen LogP contribution in [-0.2, 0) is 0 Å². The molecule has 0 fully saturated rings. The summed E-state index contributed by atoms with van der Waals surface area (Å²) in [5, 5.41) is 9.53. The molecule has 1 aromatic heterocycles. The largest absolute Gasteiger partial charge is 0.478 e. The first-order valence-electron chi connectivity index (χ1n) is 6.22. The third-order valence-electron chi connectivity index (χ3n) is 3.34. The lowest BCUT2D eigenvalue weighted by Gasteiger charge is -2.09. The van der Waals surface area contributed by atoms with Crippen LogP contribution in [0, 0.1) is 6.92 Å². The van der Waals surface area contributed by atoms with Crippen molar-refractivity contribution < 1.29 is 9.90 Å². The Balaban J connectivity index is 2.42. The lowest BCUT2D eigenvalue weighted by molar-refractivity contribution is 0.0697. The molecule has 21 heavy (non-hydrogen) atoms. The van der Waals surface area contributed by atoms with Gasteiger partial charge in [0.25, 0.3) is 0 Å². The topological polar surface area (TPSA) is 75.1 Å². The number of carbonyl (C=O) groups is 1. The zero-order valence-electron chi connectivity index (χ0n) is 11.1. The maximum Gasteiger partial charge on any atom is 0.335 e. The van der Waals surface area contributed by atoms with Crippen LogP contribution >= 0.6 is 11.6 Å². The van der Waals surface area contributed by atoms with Crippen LogP contribution in [0.5, 0.6) is 0 Å². The van der Waals surface area contributed by atoms with E-state index in [0.717, 1.165) is 5.56 Å². The Morgan fingerprint density at radius 1 is 1.29 bits per heavy atom. The summed E-state index contributed by atoms with van der Waals surface area (Å²) in [5.41, 5.74) is 2.17. The summed E-state index contributed by atoms with van der Waals surface area (Å²) in [6.07, 6.45) is 0. The first kappa shape index (κ1) is 13.5. The van der Waals surface area contributed by atoms with E-state index in [1.165, 1.54) is 16.7 Å². The van der Waals surface area contributed by atoms with Gasteiger partial charge in [-0.3, -0.25) is 4.57 Å². The Hall–Kier alpha value is -2.53. The third kappa shape index (κ3) is 2.11. The number of aromatic amines is 1. The molecule has 3 rings (SSSR count). The average molecular weight is 303 g/mol. The van der Waals surface area contributed by atoms with Crippen LogP contribution < -0.4 is 5.69 Å². The molecule has 1 heterocycles. The molecule has 0 radical (unpaired) electrons. The number of carboxylic acid groups (broad SMARTS) is 1. The molecule has 0 saturated heterocycles. The first-order chi connectivity index (χ1) is 9.99. The summed E-state index contributed by atoms with van der Waals surface area (Å²) >= 11 is 6.21. The molecule has 6 heteroatoms. The minimum absolute atomic E-state index is 0.111. The fourth-order valence-electron chi connectivity index (χ4n) is 2.36. The van der Waals surface area contributed by atoms with Crippen molar-refractivity contribution in [3.63, 3.8) is 0 Å². The highest BCUT2D eigenvalue weighted by molar-refractivity contribution is 6.32. The van der Waals surface area contributed by atoms with Crippen molar-refractivity contribution >= 4 is 28.6 Å². The lowest BCUT2D eigenvalue weighted by atomic mass is 10.1. The van der Waals surface area contributed by atoms with Crippen LogP contribution in [0.4, 0.5) is 0 Å². The minimum Gasteiger partial charge on any atom is -0.478 e. The van der Waals surface area contributed by atoms with Crippen molar-refractivity contribution in [2.75, 3.05) is 0 Å². The van der Waals surface area contributed by atoms with Gasteiger partial charge in [0.2, 0.25) is 0 Å². The summed E-state index contributed by atoms with van der Waals surface area (Å²) in [4.78, 5) is 26.0. The summed E-state index contributed by atoms with van der Waals surface area (Å²) in [5.74, 6) is -1.05. The number of aryl methyl sites for hydroxylation is 1. The average Bonchev–Trinajstić information content (AvgIpc) is 2.74. The van der Waals surface area contributed by atoms with Crippen LogP contribution in [0.15, 0.2) is 41.2 Å². The highest BCUT2D eigenvalue weighted by Crippen LogP contribution is 2.26. The SMILES string of the molecule is Cc1cccc(Cl)c1-n1c(=O)[nH]c2ccc(C(=O)O)cc21. The Labute approximate surface area is 124 Å². The van der Waals surface area contributed by atoms with E-state index >= 15 is 0 Å². The van der Waals surface area contributed by atoms with Crippen molar-refractivity contribution in [2.45, 2.75) is 6.92 Å². The van der Waals surface area contributed by atoms with Gasteiger partial charge < -0.3 is 10.1 Å². The second kappa shape index (κ2) is 4.79. The summed E-state index contributed by atoms with van der Waals surface area (Å²) in [6, 6.07) is 9.80. The van der Waals surface area contributed by atoms with Gasteiger partial charge >= 0.3 is 11.7 Å². The summed E-state index contributed by atoms with van der Waals surface area (Å²) < 4.78 is 1.40. The van der Waals surface area contributed by atoms with Gasteiger partial charge in [-0.2, -0.15) is 0 Å². The molecule has 0 aliphatic rings. The molecule has 2 aromatic carbocycles. The van der Waals surface area contributed by atoms with Gasteiger partial charge in [0.05, 0.1) is 27.3 Å². The number of fused-ring (bicyclic) bond motifs is 1. The predicted octanol–water partition coefficient (Wildman–Crippen LogP) is 2.98. The second-order valence-electron chi connectivity index (χ2n) is 4.71. The van der Waals surface area contributed by atoms with E-state index in [-0.39, 0.29) is 11.3 Å². The van der Waals surface area contributed by atoms with Gasteiger partial charge in [0.15, 0.2) is 0 Å². The Bertz CT molecular complexity index is 904. The van der Waals surface area contributed by atoms with Crippen LogP contribution in [0.2, 0.25) is 5.02 Å². The van der Waals surface area contributed by atoms with Gasteiger partial charge in [-0.1, -0.05) is 23.7 Å². The number of H-pyrrole nitrogens is 1. The quantitative estimate of drug-likeness (QED) is 0.764. The fraction of sp³-hybridized carbons (Fsp3) is 0.0667. The molecule has 0 atom stereocenters. The number of hydrogen-bond acceptors (Lipinski definition) is 2. The Kier molecular flexibility index (Phi) is 3.07. The smallest absolute Gasteiger partial charge is 0.335 e. The molecule has 0 aliphatic heterocycles. The molecule has 0 unspecified atom stereocenters. The van der Waals surface area contributed by atoms with Gasteiger partial charge in [-0.15, -0.1) is 0 Å². The van der Waals surface area contributed by atoms with E-state index in [0.29, 0.717) is 21.7 Å². The zero-order valence-corrected chi connectivity index (χ0v) is 11.8. The van der Waals surface area contributed by atoms with Crippen molar-refractivity contribution in [1.82, 2.24) is 9.55 Å². The molecular formula is C15H11ClN2O3. The molecule has 0 saturated carbocycles. The molecule has 0 amide bonds. The molecule has 3 aromatic rings. The van der Waals surface area contributed by atoms with Crippen LogP contribution in [-0.4, -0.2) is 20.6 Å². The normalized spacial score (nSPS) is 11.0. The van der Waals surface area contributed by atoms with E-state index in [2.05, 4.69) is 4.98 Å². The second-order valence-corrected chi connectivity index (χ2v) is 5.12. The first-order valence-corrected chi connectivity index (χ1v) is 6.60. The van der Waals surface area contributed by atoms with Crippen LogP contribution in [0.1, 0.15) is 15.9 Å². The number of nitrogens with zero attached hydrogens (tertiary/aromatic N) is 1. The third-order valence-corrected chi connectivity index (χ3v) is 3.65. The number of imidazole rings is 1. The molecule has 5 nitrogen and oxygen atoms in total. The molecule has 0 aliphatic carbocycles. The minimum atomic E-state index is -1.05. The number of benzene rings is 2. The standard InChI is InChI=1S/C15H11ClN2O3/c1-8-3-2-4-10(16)13(8)18-12-7-9(14(19)20)5-6-11(12)17-15(18)21/h2-7H,1H3,(H,17,21)(H,19,20). The van der Waals surface area contributed by atoms with Crippen LogP contribution in [0.25, 0.3) is 16.7 Å². The van der Waals surface area contributed by atoms with E-state index in [1.54, 1.807) is 18.2 Å². The molecule has 0 bridgehead atoms. The van der Waals surface area contributed by atoms with E-state index in [1.807, 2.05) is 13.0 Å². The molecule has 2 N–H and O–H groups in total. The zero-order chi connectivity index (χ0) is 15.1. The predicted molar refractivity (Wildman–Crippen MR) is 80.6 cm³/mol. The van der Waals surface area contributed by atoms with E-state index in [9.17, 15) is 9.59 Å². The fourth-order valence-corrected chi connectivity index (χ4v) is 2.67. The Morgan fingerprint density at radius 2 is 2.05 bits per heavy atom. The number of para-hydroxylation sites is 1. The van der Waals surface area contributed by atoms with Crippen molar-refractivity contribution in [2.24, 2.45) is 0 Å². The summed E-state index contributed by atoms with van der Waals surface area (Å²) in [6.45, 7) is 1.84. The number of rotatable bonds is 2. The van der Waals surface area contributed by atoms with E-state index in [4.69, 9.17) is 16.7 Å². The maximum absolute atomic E-state index is 12.2. The maximum atomic E-state index is 12.2. The van der Waals surface area contributed by atoms with Crippen molar-refractivity contribution in [3.05, 3.63) is 63.0 Å².